The first-order valence-corrected chi connectivity index (χ1v) is 30.4. The third-order valence-corrected chi connectivity index (χ3v) is 15.5. The summed E-state index contributed by atoms with van der Waals surface area (Å²) in [4.78, 5) is 86.9. The summed E-state index contributed by atoms with van der Waals surface area (Å²) in [5, 5.41) is 15.0. The number of rotatable bonds is 47. The number of hydrogen-bond acceptors (Lipinski definition) is 13. The van der Waals surface area contributed by atoms with E-state index in [2.05, 4.69) is 29.1 Å². The van der Waals surface area contributed by atoms with E-state index in [1.54, 1.807) is 11.8 Å². The van der Waals surface area contributed by atoms with Crippen LogP contribution in [0.1, 0.15) is 245 Å². The molecule has 72 heavy (non-hydrogen) atoms. The van der Waals surface area contributed by atoms with Crippen LogP contribution < -0.4 is 50.6 Å². The second-order valence-corrected chi connectivity index (χ2v) is 22.2. The van der Waals surface area contributed by atoms with Gasteiger partial charge in [-0.3, -0.25) is 23.7 Å². The molecular weight excluding hydrogens is 975 g/mol. The van der Waals surface area contributed by atoms with Gasteiger partial charge in [0.05, 0.1) is 18.7 Å². The Labute approximate surface area is 459 Å². The van der Waals surface area contributed by atoms with Gasteiger partial charge in [-0.1, -0.05) is 181 Å². The number of thioether (sulfide) groups is 1. The van der Waals surface area contributed by atoms with E-state index >= 15 is 0 Å². The van der Waals surface area contributed by atoms with E-state index in [0.29, 0.717) is 57.2 Å². The molecule has 5 atom stereocenters. The smallest absolute Gasteiger partial charge is 0.755 e. The van der Waals surface area contributed by atoms with E-state index in [4.69, 9.17) is 14.0 Å². The van der Waals surface area contributed by atoms with Gasteiger partial charge >= 0.3 is 53.6 Å². The number of hydroxylamine groups is 1. The predicted molar refractivity (Wildman–Crippen MR) is 276 cm³/mol. The summed E-state index contributed by atoms with van der Waals surface area (Å²) in [6.07, 6.45) is 32.5. The molecule has 2 aliphatic rings. The average Bonchev–Trinajstić information content (AvgIpc) is 3.89. The molecule has 0 radical (unpaired) electrons. The van der Waals surface area contributed by atoms with Gasteiger partial charge in [-0.2, -0.15) is 11.8 Å². The van der Waals surface area contributed by atoms with Crippen LogP contribution in [-0.2, 0) is 42.4 Å². The monoisotopic (exact) mass is 1070 g/mol. The second-order valence-electron chi connectivity index (χ2n) is 19.6. The summed E-state index contributed by atoms with van der Waals surface area (Å²) in [6.45, 7) is 3.84. The number of imide groups is 1. The number of hydrogen-bond donors (Lipinski definition) is 4. The summed E-state index contributed by atoms with van der Waals surface area (Å²) in [5.74, 6) is -1.23. The number of carbonyl (C=O) groups is 6. The van der Waals surface area contributed by atoms with Crippen LogP contribution in [0, 0.1) is 0 Å². The minimum Gasteiger partial charge on any atom is -0.755 e. The Balaban J connectivity index is 0.0000259. The SMILES string of the molecule is CCCCCCCCCCCCCCCC(=O)OCC(COP(=O)([O-])ONC(=O)CCCCCNC(=O)CCCCC1SC[C@H]2[C@@H]1NC(=O)N2C(=O)O)OC(=O)CCCCCCCCCCCCCCC.[Na+]. The topological polar surface area (TPSA) is 239 Å². The Morgan fingerprint density at radius 3 is 1.65 bits per heavy atom. The number of urea groups is 1. The first-order valence-electron chi connectivity index (χ1n) is 27.9. The van der Waals surface area contributed by atoms with Crippen LogP contribution in [0.25, 0.3) is 0 Å². The van der Waals surface area contributed by atoms with Crippen molar-refractivity contribution in [1.29, 1.82) is 0 Å². The number of carbonyl (C=O) groups excluding carboxylic acids is 5. The van der Waals surface area contributed by atoms with E-state index in [0.717, 1.165) is 56.3 Å². The maximum Gasteiger partial charge on any atom is 1.00 e. The van der Waals surface area contributed by atoms with Crippen LogP contribution in [0.2, 0.25) is 0 Å². The van der Waals surface area contributed by atoms with Gasteiger partial charge in [0.15, 0.2) is 6.10 Å². The molecule has 2 aliphatic heterocycles. The van der Waals surface area contributed by atoms with Crippen molar-refractivity contribution in [3.63, 3.8) is 0 Å². The first-order chi connectivity index (χ1) is 34.4. The third kappa shape index (κ3) is 34.6. The Bertz CT molecular complexity index is 1540. The number of amides is 5. The number of phosphoric acid groups is 1. The van der Waals surface area contributed by atoms with Gasteiger partial charge in [0, 0.05) is 43.2 Å². The zero-order chi connectivity index (χ0) is 51.8. The number of carboxylic acid groups (broad SMARTS) is 1. The summed E-state index contributed by atoms with van der Waals surface area (Å²) in [6, 6.07) is -1.15. The van der Waals surface area contributed by atoms with Crippen molar-refractivity contribution in [2.45, 2.75) is 268 Å². The molecule has 0 aromatic heterocycles. The van der Waals surface area contributed by atoms with Gasteiger partial charge in [-0.25, -0.2) is 24.6 Å². The Morgan fingerprint density at radius 1 is 0.667 bits per heavy atom. The van der Waals surface area contributed by atoms with E-state index in [1.807, 2.05) is 5.48 Å². The van der Waals surface area contributed by atoms with Gasteiger partial charge in [0.2, 0.25) is 11.8 Å². The Kier molecular flexibility index (Phi) is 41.8. The molecule has 0 spiro atoms. The molecule has 0 saturated carbocycles. The summed E-state index contributed by atoms with van der Waals surface area (Å²) < 4.78 is 33.1. The van der Waals surface area contributed by atoms with Gasteiger partial charge < -0.3 is 34.6 Å². The molecule has 2 rings (SSSR count). The number of nitrogens with zero attached hydrogens (tertiary/aromatic N) is 1. The van der Waals surface area contributed by atoms with Crippen LogP contribution in [0.4, 0.5) is 9.59 Å². The largest absolute Gasteiger partial charge is 1.00 e. The van der Waals surface area contributed by atoms with Gasteiger partial charge in [-0.05, 0) is 38.5 Å². The molecular formula is C52H94N4NaO13PS. The van der Waals surface area contributed by atoms with Crippen LogP contribution in [0.3, 0.4) is 0 Å². The fourth-order valence-electron chi connectivity index (χ4n) is 9.04. The minimum absolute atomic E-state index is 0. The van der Waals surface area contributed by atoms with Crippen LogP contribution >= 0.6 is 19.6 Å². The normalized spacial score (nSPS) is 17.3. The van der Waals surface area contributed by atoms with Crippen molar-refractivity contribution >= 4 is 55.5 Å². The molecule has 4 N–H and O–H groups in total. The molecule has 2 saturated heterocycles. The van der Waals surface area contributed by atoms with Gasteiger partial charge in [0.1, 0.15) is 6.61 Å². The molecule has 20 heteroatoms. The molecule has 0 aromatic carbocycles. The van der Waals surface area contributed by atoms with Crippen molar-refractivity contribution in [3.8, 4) is 0 Å². The molecule has 0 bridgehead atoms. The average molecular weight is 1070 g/mol. The number of phosphoric ester groups is 1. The van der Waals surface area contributed by atoms with Gasteiger partial charge in [-0.15, -0.1) is 0 Å². The van der Waals surface area contributed by atoms with E-state index in [9.17, 15) is 43.3 Å². The van der Waals surface area contributed by atoms with Crippen molar-refractivity contribution in [2.24, 2.45) is 0 Å². The molecule has 2 fully saturated rings. The zero-order valence-electron chi connectivity index (χ0n) is 44.7. The third-order valence-electron chi connectivity index (χ3n) is 13.3. The predicted octanol–water partition coefficient (Wildman–Crippen LogP) is 8.73. The van der Waals surface area contributed by atoms with Crippen molar-refractivity contribution < 1.29 is 91.5 Å². The van der Waals surface area contributed by atoms with E-state index in [-0.39, 0.29) is 78.7 Å². The molecule has 0 aliphatic carbocycles. The number of esters is 2. The molecule has 2 heterocycles. The molecule has 412 valence electrons. The second kappa shape index (κ2) is 44.2. The number of unbranched alkanes of at least 4 members (excludes halogenated alkanes) is 27. The van der Waals surface area contributed by atoms with Crippen molar-refractivity contribution in [1.82, 2.24) is 21.0 Å². The van der Waals surface area contributed by atoms with E-state index < -0.39 is 50.5 Å². The standard InChI is InChI=1S/C52H95N4O13PS.Na/c1-3-5-7-9-11-13-15-17-19-21-23-25-29-37-48(59)66-40-43(68-49(60)38-30-26-24-22-20-18-16-14-12-10-8-6-4-2)41-67-70(64,65)69-55-47(58)36-28-27-33-39-53-46(57)35-32-31-34-45-50-44(42-71-45)56(52(62)63)51(61)54-50;/h43-45,50H,3-42H2,1-2H3,(H,53,57)(H,54,61)(H,55,58)(H,62,63)(H,64,65);/q;+1/p-1/t43?,44-,45?,50-;/m0./s1. The van der Waals surface area contributed by atoms with Crippen LogP contribution in [-0.4, -0.2) is 94.8 Å². The summed E-state index contributed by atoms with van der Waals surface area (Å²) in [7, 11) is -5.08. The molecule has 0 aromatic rings. The van der Waals surface area contributed by atoms with Crippen LogP contribution in [0.5, 0.6) is 0 Å². The van der Waals surface area contributed by atoms with Crippen molar-refractivity contribution in [2.75, 3.05) is 25.5 Å². The molecule has 17 nitrogen and oxygen atoms in total. The van der Waals surface area contributed by atoms with E-state index in [1.165, 1.54) is 116 Å². The van der Waals surface area contributed by atoms with Crippen LogP contribution in [0.15, 0.2) is 0 Å². The maximum absolute atomic E-state index is 12.8. The van der Waals surface area contributed by atoms with Crippen molar-refractivity contribution in [3.05, 3.63) is 0 Å². The zero-order valence-corrected chi connectivity index (χ0v) is 48.5. The number of ether oxygens (including phenoxy) is 2. The fourth-order valence-corrected chi connectivity index (χ4v) is 11.2. The minimum atomic E-state index is -5.08. The fraction of sp³-hybridized carbons (Fsp3) is 0.885. The molecule has 5 amide bonds. The quantitative estimate of drug-likeness (QED) is 0.0111. The first kappa shape index (κ1) is 68.1. The molecule has 3 unspecified atom stereocenters. The summed E-state index contributed by atoms with van der Waals surface area (Å²) in [5.41, 5.74) is 1.89. The number of fused-ring (bicyclic) bond motifs is 1. The summed E-state index contributed by atoms with van der Waals surface area (Å²) >= 11 is 1.64. The number of nitrogens with one attached hydrogen (secondary N) is 3. The Hall–Kier alpha value is -1.92. The Morgan fingerprint density at radius 2 is 1.12 bits per heavy atom. The van der Waals surface area contributed by atoms with Gasteiger partial charge in [0.25, 0.3) is 7.82 Å². The maximum atomic E-state index is 12.8.